The summed E-state index contributed by atoms with van der Waals surface area (Å²) < 4.78 is 1.86. The molecule has 0 saturated carbocycles. The van der Waals surface area contributed by atoms with Gasteiger partial charge in [-0.3, -0.25) is 4.79 Å². The van der Waals surface area contributed by atoms with E-state index in [0.29, 0.717) is 23.8 Å². The molecule has 0 aromatic carbocycles. The molecular formula is C11H15ClN2O2. The van der Waals surface area contributed by atoms with Crippen LogP contribution in [0.2, 0.25) is 5.02 Å². The van der Waals surface area contributed by atoms with Crippen LogP contribution in [0, 0.1) is 0 Å². The summed E-state index contributed by atoms with van der Waals surface area (Å²) in [6.45, 7) is 4.83. The van der Waals surface area contributed by atoms with Gasteiger partial charge in [0.25, 0.3) is 5.91 Å². The molecule has 2 rings (SSSR count). The largest absolute Gasteiger partial charge is 0.389 e. The molecule has 0 aliphatic carbocycles. The Labute approximate surface area is 99.4 Å². The summed E-state index contributed by atoms with van der Waals surface area (Å²) in [7, 11) is 0. The smallest absolute Gasteiger partial charge is 0.270 e. The van der Waals surface area contributed by atoms with E-state index in [2.05, 4.69) is 0 Å². The molecule has 1 aliphatic heterocycles. The van der Waals surface area contributed by atoms with Gasteiger partial charge in [0.2, 0.25) is 0 Å². The Hall–Kier alpha value is -1.00. The first kappa shape index (κ1) is 11.5. The van der Waals surface area contributed by atoms with Crippen molar-refractivity contribution in [1.82, 2.24) is 9.47 Å². The van der Waals surface area contributed by atoms with E-state index in [9.17, 15) is 9.90 Å². The molecule has 0 radical (unpaired) electrons. The van der Waals surface area contributed by atoms with E-state index in [0.717, 1.165) is 0 Å². The zero-order valence-corrected chi connectivity index (χ0v) is 10.1. The third-order valence-electron chi connectivity index (χ3n) is 2.74. The third-order valence-corrected chi connectivity index (χ3v) is 2.95. The fourth-order valence-corrected chi connectivity index (χ4v) is 2.04. The predicted octanol–water partition coefficient (Wildman–Crippen LogP) is 1.54. The maximum atomic E-state index is 12.0. The molecule has 1 amide bonds. The second-order valence-corrected chi connectivity index (χ2v) is 4.84. The predicted molar refractivity (Wildman–Crippen MR) is 61.7 cm³/mol. The number of carbonyl (C=O) groups excluding carboxylic acids is 1. The first-order valence-corrected chi connectivity index (χ1v) is 5.71. The molecule has 1 aromatic heterocycles. The number of halogens is 1. The van der Waals surface area contributed by atoms with Crippen molar-refractivity contribution >= 4 is 17.5 Å². The molecule has 2 heterocycles. The van der Waals surface area contributed by atoms with E-state index < -0.39 is 0 Å². The third kappa shape index (κ3) is 1.95. The number of hydrogen-bond donors (Lipinski definition) is 1. The van der Waals surface area contributed by atoms with Gasteiger partial charge in [-0.15, -0.1) is 0 Å². The van der Waals surface area contributed by atoms with Gasteiger partial charge in [-0.1, -0.05) is 11.6 Å². The minimum Gasteiger partial charge on any atom is -0.389 e. The fourth-order valence-electron chi connectivity index (χ4n) is 1.83. The van der Waals surface area contributed by atoms with E-state index in [1.165, 1.54) is 0 Å². The summed E-state index contributed by atoms with van der Waals surface area (Å²) in [5.41, 5.74) is 0.590. The second-order valence-electron chi connectivity index (χ2n) is 4.41. The number of rotatable bonds is 2. The highest BCUT2D eigenvalue weighted by Crippen LogP contribution is 2.22. The van der Waals surface area contributed by atoms with Crippen LogP contribution in [0.3, 0.4) is 0 Å². The van der Waals surface area contributed by atoms with Gasteiger partial charge in [-0.25, -0.2) is 0 Å². The number of carbonyl (C=O) groups is 1. The lowest BCUT2D eigenvalue weighted by molar-refractivity contribution is 0.00511. The van der Waals surface area contributed by atoms with Gasteiger partial charge in [0.1, 0.15) is 5.69 Å². The molecule has 1 aromatic rings. The zero-order valence-electron chi connectivity index (χ0n) is 9.35. The molecule has 1 saturated heterocycles. The van der Waals surface area contributed by atoms with Crippen LogP contribution >= 0.6 is 11.6 Å². The van der Waals surface area contributed by atoms with Crippen LogP contribution in [0.15, 0.2) is 12.3 Å². The van der Waals surface area contributed by atoms with Crippen LogP contribution in [0.4, 0.5) is 0 Å². The number of aliphatic hydroxyl groups is 1. The highest BCUT2D eigenvalue weighted by Gasteiger charge is 2.31. The Kier molecular flexibility index (Phi) is 2.95. The van der Waals surface area contributed by atoms with Gasteiger partial charge in [-0.2, -0.15) is 0 Å². The minimum atomic E-state index is -0.373. The molecule has 5 heteroatoms. The number of hydrogen-bond acceptors (Lipinski definition) is 2. The van der Waals surface area contributed by atoms with Gasteiger partial charge in [0, 0.05) is 25.3 Å². The van der Waals surface area contributed by atoms with Crippen LogP contribution in [0.5, 0.6) is 0 Å². The number of nitrogens with zero attached hydrogens (tertiary/aromatic N) is 2. The van der Waals surface area contributed by atoms with E-state index in [1.807, 2.05) is 18.4 Å². The second kappa shape index (κ2) is 4.11. The summed E-state index contributed by atoms with van der Waals surface area (Å²) in [5, 5.41) is 9.74. The molecule has 0 spiro atoms. The minimum absolute atomic E-state index is 0.0640. The molecule has 0 unspecified atom stereocenters. The van der Waals surface area contributed by atoms with Gasteiger partial charge in [0.15, 0.2) is 0 Å². The molecule has 0 atom stereocenters. The molecule has 0 bridgehead atoms. The monoisotopic (exact) mass is 242 g/mol. The average Bonchev–Trinajstić information content (AvgIpc) is 2.54. The fraction of sp³-hybridized carbons (Fsp3) is 0.545. The van der Waals surface area contributed by atoms with E-state index in [4.69, 9.17) is 11.6 Å². The maximum Gasteiger partial charge on any atom is 0.270 e. The molecule has 1 aliphatic rings. The summed E-state index contributed by atoms with van der Waals surface area (Å²) >= 11 is 5.91. The number of aliphatic hydroxyl groups excluding tert-OH is 1. The molecule has 1 N–H and O–H groups in total. The van der Waals surface area contributed by atoms with Gasteiger partial charge in [0.05, 0.1) is 11.1 Å². The first-order valence-electron chi connectivity index (χ1n) is 5.33. The lowest BCUT2D eigenvalue weighted by Crippen LogP contribution is -2.53. The van der Waals surface area contributed by atoms with Crippen molar-refractivity contribution in [3.63, 3.8) is 0 Å². The van der Waals surface area contributed by atoms with Gasteiger partial charge >= 0.3 is 0 Å². The van der Waals surface area contributed by atoms with E-state index in [-0.39, 0.29) is 18.1 Å². The van der Waals surface area contributed by atoms with Crippen LogP contribution in [0.25, 0.3) is 0 Å². The molecule has 88 valence electrons. The Morgan fingerprint density at radius 2 is 2.19 bits per heavy atom. The quantitative estimate of drug-likeness (QED) is 0.855. The van der Waals surface area contributed by atoms with E-state index in [1.54, 1.807) is 17.2 Å². The number of aromatic nitrogens is 1. The van der Waals surface area contributed by atoms with Crippen molar-refractivity contribution < 1.29 is 9.90 Å². The lowest BCUT2D eigenvalue weighted by Gasteiger charge is -2.36. The van der Waals surface area contributed by atoms with Crippen molar-refractivity contribution in [3.8, 4) is 0 Å². The molecule has 4 nitrogen and oxygen atoms in total. The SMILES string of the molecule is CC(C)n1cc(Cl)cc1C(=O)N1CC(O)C1. The maximum absolute atomic E-state index is 12.0. The average molecular weight is 243 g/mol. The summed E-state index contributed by atoms with van der Waals surface area (Å²) in [4.78, 5) is 13.7. The number of likely N-dealkylation sites (tertiary alicyclic amines) is 1. The normalized spacial score (nSPS) is 16.7. The Balaban J connectivity index is 2.22. The zero-order chi connectivity index (χ0) is 11.9. The Morgan fingerprint density at radius 3 is 2.69 bits per heavy atom. The van der Waals surface area contributed by atoms with Crippen molar-refractivity contribution in [2.75, 3.05) is 13.1 Å². The standard InChI is InChI=1S/C11H15ClN2O2/c1-7(2)14-4-8(12)3-10(14)11(16)13-5-9(15)6-13/h3-4,7,9,15H,5-6H2,1-2H3. The van der Waals surface area contributed by atoms with E-state index >= 15 is 0 Å². The van der Waals surface area contributed by atoms with Crippen LogP contribution < -0.4 is 0 Å². The number of β-amino-alcohol motifs (C(OH)–C–C–N with tert-alkyl or cyclic N) is 1. The summed E-state index contributed by atoms with van der Waals surface area (Å²) in [6, 6.07) is 1.87. The van der Waals surface area contributed by atoms with Crippen molar-refractivity contribution in [1.29, 1.82) is 0 Å². The summed E-state index contributed by atoms with van der Waals surface area (Å²) in [6.07, 6.45) is 1.39. The van der Waals surface area contributed by atoms with Crippen molar-refractivity contribution in [3.05, 3.63) is 23.0 Å². The van der Waals surface area contributed by atoms with Crippen molar-refractivity contribution in [2.45, 2.75) is 26.0 Å². The Morgan fingerprint density at radius 1 is 1.56 bits per heavy atom. The molecule has 1 fully saturated rings. The van der Waals surface area contributed by atoms with Gasteiger partial charge < -0.3 is 14.6 Å². The Bertz CT molecular complexity index is 408. The molecule has 16 heavy (non-hydrogen) atoms. The van der Waals surface area contributed by atoms with Crippen molar-refractivity contribution in [2.24, 2.45) is 0 Å². The lowest BCUT2D eigenvalue weighted by atomic mass is 10.1. The number of amides is 1. The van der Waals surface area contributed by atoms with Crippen LogP contribution in [0.1, 0.15) is 30.4 Å². The van der Waals surface area contributed by atoms with Crippen LogP contribution in [-0.4, -0.2) is 39.7 Å². The highest BCUT2D eigenvalue weighted by molar-refractivity contribution is 6.31. The topological polar surface area (TPSA) is 45.5 Å². The van der Waals surface area contributed by atoms with Gasteiger partial charge in [-0.05, 0) is 19.9 Å². The summed E-state index contributed by atoms with van der Waals surface area (Å²) in [5.74, 6) is -0.0640. The highest BCUT2D eigenvalue weighted by atomic mass is 35.5. The molecular weight excluding hydrogens is 228 g/mol. The van der Waals surface area contributed by atoms with Crippen LogP contribution in [-0.2, 0) is 0 Å². The first-order chi connectivity index (χ1) is 7.49.